The highest BCUT2D eigenvalue weighted by molar-refractivity contribution is 5.87. The van der Waals surface area contributed by atoms with Crippen molar-refractivity contribution in [3.8, 4) is 0 Å². The lowest BCUT2D eigenvalue weighted by Gasteiger charge is -2.36. The lowest BCUT2D eigenvalue weighted by molar-refractivity contribution is -0.134. The predicted octanol–water partition coefficient (Wildman–Crippen LogP) is 11.6. The molecule has 2 aliphatic heterocycles. The first-order valence-corrected chi connectivity index (χ1v) is 21.7. The third-order valence-electron chi connectivity index (χ3n) is 12.6. The number of nitrogens with zero attached hydrogens (tertiary/aromatic N) is 2. The van der Waals surface area contributed by atoms with Crippen LogP contribution in [-0.2, 0) is 19.1 Å². The smallest absolute Gasteiger partial charge is 0.223 e. The quantitative estimate of drug-likeness (QED) is 0.110. The Morgan fingerprint density at radius 1 is 0.500 bits per heavy atom. The average Bonchev–Trinajstić information content (AvgIpc) is 4.21. The lowest BCUT2D eigenvalue weighted by Crippen LogP contribution is -2.35. The van der Waals surface area contributed by atoms with Crippen molar-refractivity contribution in [3.05, 3.63) is 167 Å². The number of rotatable bonds is 14. The Morgan fingerprint density at radius 3 is 1.25 bits per heavy atom. The fourth-order valence-corrected chi connectivity index (χ4v) is 9.03. The van der Waals surface area contributed by atoms with Gasteiger partial charge in [-0.3, -0.25) is 9.59 Å². The second kappa shape index (κ2) is 18.0. The van der Waals surface area contributed by atoms with Crippen LogP contribution in [0.25, 0.3) is 21.5 Å². The number of halogens is 2. The number of carbonyl (C=O) groups excluding carboxylic acids is 2. The molecule has 4 aliphatic rings. The Labute approximate surface area is 351 Å². The molecule has 2 saturated heterocycles. The molecule has 4 fully saturated rings. The van der Waals surface area contributed by atoms with Crippen molar-refractivity contribution >= 4 is 33.4 Å². The van der Waals surface area contributed by atoms with Crippen molar-refractivity contribution < 1.29 is 27.8 Å². The monoisotopic (exact) mass is 806 g/mol. The highest BCUT2D eigenvalue weighted by Crippen LogP contribution is 2.45. The predicted molar refractivity (Wildman–Crippen MR) is 231 cm³/mol. The van der Waals surface area contributed by atoms with Crippen molar-refractivity contribution in [2.24, 2.45) is 11.8 Å². The van der Waals surface area contributed by atoms with Gasteiger partial charge in [0.1, 0.15) is 23.8 Å². The van der Waals surface area contributed by atoms with Crippen LogP contribution < -0.4 is 0 Å². The average molecular weight is 807 g/mol. The molecule has 2 aliphatic carbocycles. The van der Waals surface area contributed by atoms with E-state index in [0.717, 1.165) is 56.6 Å². The molecule has 10 rings (SSSR count). The maximum atomic E-state index is 13.7. The molecule has 0 aromatic heterocycles. The summed E-state index contributed by atoms with van der Waals surface area (Å²) in [5.74, 6) is 0.946. The van der Waals surface area contributed by atoms with Crippen LogP contribution in [0.3, 0.4) is 0 Å². The van der Waals surface area contributed by atoms with Gasteiger partial charge in [0.25, 0.3) is 0 Å². The number of fused-ring (bicyclic) bond motifs is 2. The van der Waals surface area contributed by atoms with Gasteiger partial charge in [0.05, 0.1) is 25.3 Å². The van der Waals surface area contributed by atoms with Gasteiger partial charge in [0, 0.05) is 25.9 Å². The van der Waals surface area contributed by atoms with Gasteiger partial charge < -0.3 is 19.3 Å². The molecule has 60 heavy (non-hydrogen) atoms. The van der Waals surface area contributed by atoms with E-state index >= 15 is 0 Å². The van der Waals surface area contributed by atoms with E-state index in [1.165, 1.54) is 49.9 Å². The van der Waals surface area contributed by atoms with Gasteiger partial charge in [-0.2, -0.15) is 0 Å². The Bertz CT molecular complexity index is 2250. The zero-order chi connectivity index (χ0) is 41.0. The molecule has 6 nitrogen and oxygen atoms in total. The first-order chi connectivity index (χ1) is 29.4. The van der Waals surface area contributed by atoms with Crippen LogP contribution in [0, 0.1) is 23.5 Å². The number of amides is 2. The molecule has 0 spiro atoms. The maximum absolute atomic E-state index is 13.7. The van der Waals surface area contributed by atoms with Gasteiger partial charge in [-0.15, -0.1) is 0 Å². The molecule has 308 valence electrons. The molecule has 0 N–H and O–H groups in total. The Balaban J connectivity index is 0.000000154. The first-order valence-electron chi connectivity index (χ1n) is 21.7. The summed E-state index contributed by atoms with van der Waals surface area (Å²) in [6.45, 7) is 2.78. The maximum Gasteiger partial charge on any atom is 0.223 e. The van der Waals surface area contributed by atoms with Gasteiger partial charge >= 0.3 is 0 Å². The van der Waals surface area contributed by atoms with E-state index in [9.17, 15) is 18.4 Å². The molecule has 4 atom stereocenters. The number of benzene rings is 6. The largest absolute Gasteiger partial charge is 0.371 e. The minimum atomic E-state index is -0.302. The van der Waals surface area contributed by atoms with Crippen LogP contribution in [0.2, 0.25) is 0 Å². The van der Waals surface area contributed by atoms with Crippen molar-refractivity contribution in [1.29, 1.82) is 0 Å². The molecule has 6 aromatic rings. The summed E-state index contributed by atoms with van der Waals surface area (Å²) in [6.07, 6.45) is 7.01. The molecule has 2 saturated carbocycles. The van der Waals surface area contributed by atoms with Gasteiger partial charge in [-0.1, -0.05) is 109 Å². The van der Waals surface area contributed by atoms with E-state index in [4.69, 9.17) is 9.47 Å². The van der Waals surface area contributed by atoms with Crippen molar-refractivity contribution in [1.82, 2.24) is 9.80 Å². The summed E-state index contributed by atoms with van der Waals surface area (Å²) >= 11 is 0. The summed E-state index contributed by atoms with van der Waals surface area (Å²) in [5, 5.41) is 4.58. The number of likely N-dealkylation sites (tertiary alicyclic amines) is 2. The van der Waals surface area contributed by atoms with Crippen LogP contribution in [-0.4, -0.2) is 47.9 Å². The topological polar surface area (TPSA) is 59.1 Å². The fraction of sp³-hybridized carbons (Fsp3) is 0.346. The number of hydrogen-bond donors (Lipinski definition) is 0. The Morgan fingerprint density at radius 2 is 0.883 bits per heavy atom. The SMILES string of the molecule is O=C1CCCN1[C@@H](c1ccc(F)cc1)[C@@H](OCC1CC1)c1cccc2ccccc12.O=C1CCCN1[C@H](c1ccc(F)cc1)[C@H](OCC1CC1)c1cccc2ccccc12. The van der Waals surface area contributed by atoms with E-state index in [2.05, 4.69) is 60.7 Å². The van der Waals surface area contributed by atoms with Crippen LogP contribution in [0.15, 0.2) is 133 Å². The molecule has 8 heteroatoms. The highest BCUT2D eigenvalue weighted by atomic mass is 19.1. The number of hydrogen-bond acceptors (Lipinski definition) is 4. The lowest BCUT2D eigenvalue weighted by atomic mass is 9.91. The minimum Gasteiger partial charge on any atom is -0.371 e. The third-order valence-corrected chi connectivity index (χ3v) is 12.6. The van der Waals surface area contributed by atoms with Crippen molar-refractivity contribution in [2.75, 3.05) is 26.3 Å². The Kier molecular flexibility index (Phi) is 12.0. The van der Waals surface area contributed by atoms with E-state index in [0.29, 0.717) is 51.0 Å². The number of ether oxygens (including phenoxy) is 2. The highest BCUT2D eigenvalue weighted by Gasteiger charge is 2.39. The second-order valence-corrected chi connectivity index (χ2v) is 16.9. The summed E-state index contributed by atoms with van der Waals surface area (Å²) in [4.78, 5) is 29.5. The van der Waals surface area contributed by atoms with Gasteiger partial charge in [-0.25, -0.2) is 8.78 Å². The molecular weight excluding hydrogens is 755 g/mol. The molecular formula is C52H52F2N2O4. The van der Waals surface area contributed by atoms with Crippen molar-refractivity contribution in [3.63, 3.8) is 0 Å². The molecule has 6 aromatic carbocycles. The van der Waals surface area contributed by atoms with Gasteiger partial charge in [0.2, 0.25) is 11.8 Å². The Hall–Kier alpha value is -5.44. The van der Waals surface area contributed by atoms with Crippen LogP contribution in [0.1, 0.15) is 97.9 Å². The minimum absolute atomic E-state index is 0.143. The van der Waals surface area contributed by atoms with Crippen LogP contribution in [0.5, 0.6) is 0 Å². The van der Waals surface area contributed by atoms with Gasteiger partial charge in [0.15, 0.2) is 0 Å². The molecule has 0 bridgehead atoms. The van der Waals surface area contributed by atoms with Crippen LogP contribution >= 0.6 is 0 Å². The van der Waals surface area contributed by atoms with E-state index in [-0.39, 0.29) is 47.7 Å². The number of carbonyl (C=O) groups is 2. The van der Waals surface area contributed by atoms with E-state index < -0.39 is 0 Å². The zero-order valence-corrected chi connectivity index (χ0v) is 33.9. The third kappa shape index (κ3) is 9.01. The van der Waals surface area contributed by atoms with E-state index in [1.54, 1.807) is 24.3 Å². The van der Waals surface area contributed by atoms with Crippen molar-refractivity contribution in [2.45, 2.75) is 75.7 Å². The first kappa shape index (κ1) is 40.0. The second-order valence-electron chi connectivity index (χ2n) is 16.9. The summed E-state index contributed by atoms with van der Waals surface area (Å²) < 4.78 is 40.5. The van der Waals surface area contributed by atoms with Crippen LogP contribution in [0.4, 0.5) is 8.78 Å². The molecule has 2 heterocycles. The van der Waals surface area contributed by atoms with Gasteiger partial charge in [-0.05, 0) is 118 Å². The fourth-order valence-electron chi connectivity index (χ4n) is 9.03. The standard InChI is InChI=1S/2C26H26FNO2/c2*27-21-14-12-20(13-15-21)25(28-16-4-9-24(28)29)26(30-17-18-10-11-18)23-8-3-6-19-5-1-2-7-22(19)23/h2*1-3,5-8,12-15,18,25-26H,4,9-11,16-17H2/t2*25-,26-/m10/s1. The molecule has 0 radical (unpaired) electrons. The zero-order valence-electron chi connectivity index (χ0n) is 33.9. The summed E-state index contributed by atoms with van der Waals surface area (Å²) in [5.41, 5.74) is 4.01. The molecule has 2 amide bonds. The van der Waals surface area contributed by atoms with E-state index in [1.807, 2.05) is 34.1 Å². The normalized spacial score (nSPS) is 18.7. The molecule has 0 unspecified atom stereocenters. The summed E-state index contributed by atoms with van der Waals surface area (Å²) in [7, 11) is 0. The summed E-state index contributed by atoms with van der Waals surface area (Å²) in [6, 6.07) is 41.7.